The fourth-order valence-electron chi connectivity index (χ4n) is 5.85. The molecule has 0 atom stereocenters. The topological polar surface area (TPSA) is 144 Å². The molecular formula is C40H37N7O5. The van der Waals surface area contributed by atoms with Crippen LogP contribution in [0.2, 0.25) is 0 Å². The van der Waals surface area contributed by atoms with Crippen molar-refractivity contribution in [1.29, 1.82) is 5.26 Å². The van der Waals surface area contributed by atoms with Gasteiger partial charge >= 0.3 is 6.03 Å². The number of carbonyl (C=O) groups is 1. The van der Waals surface area contributed by atoms with Crippen molar-refractivity contribution in [3.63, 3.8) is 0 Å². The highest BCUT2D eigenvalue weighted by Gasteiger charge is 2.21. The average molecular weight is 696 g/mol. The minimum Gasteiger partial charge on any atom is -0.497 e. The number of aromatic nitrogens is 3. The molecule has 0 bridgehead atoms. The van der Waals surface area contributed by atoms with E-state index in [0.29, 0.717) is 64.7 Å². The summed E-state index contributed by atoms with van der Waals surface area (Å²) in [6.45, 7) is 2.79. The van der Waals surface area contributed by atoms with Crippen molar-refractivity contribution in [1.82, 2.24) is 15.0 Å². The fraction of sp³-hybridized carbons (Fsp3) is 0.175. The molecule has 3 heterocycles. The summed E-state index contributed by atoms with van der Waals surface area (Å²) in [5, 5.41) is 16.5. The largest absolute Gasteiger partial charge is 0.497 e. The van der Waals surface area contributed by atoms with E-state index in [-0.39, 0.29) is 0 Å². The van der Waals surface area contributed by atoms with Gasteiger partial charge in [0.25, 0.3) is 0 Å². The Morgan fingerprint density at radius 2 is 1.48 bits per heavy atom. The molecular weight excluding hydrogens is 658 g/mol. The van der Waals surface area contributed by atoms with Crippen LogP contribution in [0, 0.1) is 18.3 Å². The highest BCUT2D eigenvalue weighted by atomic mass is 16.5. The number of anilines is 3. The zero-order valence-corrected chi connectivity index (χ0v) is 29.4. The molecule has 0 saturated heterocycles. The van der Waals surface area contributed by atoms with Gasteiger partial charge in [0.05, 0.1) is 45.4 Å². The normalized spacial score (nSPS) is 10.6. The number of para-hydroxylation sites is 1. The smallest absolute Gasteiger partial charge is 0.324 e. The number of ether oxygens (including phenoxy) is 4. The third kappa shape index (κ3) is 7.64. The summed E-state index contributed by atoms with van der Waals surface area (Å²) in [4.78, 5) is 29.5. The van der Waals surface area contributed by atoms with Crippen molar-refractivity contribution in [2.45, 2.75) is 20.0 Å². The molecule has 12 nitrogen and oxygen atoms in total. The van der Waals surface area contributed by atoms with E-state index in [0.717, 1.165) is 33.0 Å². The van der Waals surface area contributed by atoms with Crippen LogP contribution in [-0.4, -0.2) is 49.4 Å². The van der Waals surface area contributed by atoms with Crippen LogP contribution in [0.25, 0.3) is 22.0 Å². The number of nitrogens with one attached hydrogen (secondary N) is 2. The second-order valence-electron chi connectivity index (χ2n) is 11.8. The lowest BCUT2D eigenvalue weighted by Gasteiger charge is -2.28. The number of amides is 2. The van der Waals surface area contributed by atoms with Crippen LogP contribution >= 0.6 is 0 Å². The lowest BCUT2D eigenvalue weighted by atomic mass is 10.0. The summed E-state index contributed by atoms with van der Waals surface area (Å²) < 4.78 is 22.5. The molecule has 0 radical (unpaired) electrons. The Morgan fingerprint density at radius 3 is 2.10 bits per heavy atom. The standard InChI is InChI=1S/C40H37N7O5/c1-25-14-15-42-21-32(25)35-16-29-17-38(46-40(48)45-34-9-7-6-8-26(34)20-41)43-22-33(29)39(44-35)47(23-27-10-12-30(49-2)18-36(27)51-4)24-28-11-13-31(50-3)19-37(28)52-5/h6-19,21-22H,23-24H2,1-5H3,(H2,43,45,46,48). The molecule has 12 heteroatoms. The molecule has 2 amide bonds. The minimum atomic E-state index is -0.535. The predicted molar refractivity (Wildman–Crippen MR) is 200 cm³/mol. The fourth-order valence-corrected chi connectivity index (χ4v) is 5.85. The molecule has 2 N–H and O–H groups in total. The Morgan fingerprint density at radius 1 is 0.808 bits per heavy atom. The summed E-state index contributed by atoms with van der Waals surface area (Å²) >= 11 is 0. The summed E-state index contributed by atoms with van der Waals surface area (Å²) in [6.07, 6.45) is 5.23. The van der Waals surface area contributed by atoms with Gasteiger partial charge in [-0.15, -0.1) is 0 Å². The van der Waals surface area contributed by atoms with Gasteiger partial charge in [0.15, 0.2) is 0 Å². The van der Waals surface area contributed by atoms with E-state index < -0.39 is 6.03 Å². The maximum Gasteiger partial charge on any atom is 0.324 e. The monoisotopic (exact) mass is 695 g/mol. The number of nitriles is 1. The molecule has 0 aliphatic rings. The van der Waals surface area contributed by atoms with Crippen molar-refractivity contribution in [2.75, 3.05) is 44.0 Å². The Balaban J connectivity index is 1.49. The Bertz CT molecular complexity index is 2230. The summed E-state index contributed by atoms with van der Waals surface area (Å²) in [5.74, 6) is 3.60. The van der Waals surface area contributed by atoms with E-state index in [9.17, 15) is 10.1 Å². The first kappa shape index (κ1) is 35.0. The van der Waals surface area contributed by atoms with E-state index in [2.05, 4.69) is 31.6 Å². The minimum absolute atomic E-state index is 0.311. The van der Waals surface area contributed by atoms with E-state index >= 15 is 0 Å². The first-order chi connectivity index (χ1) is 25.3. The van der Waals surface area contributed by atoms with Gasteiger partial charge in [0.1, 0.15) is 40.7 Å². The Labute approximate surface area is 301 Å². The number of methoxy groups -OCH3 is 4. The molecule has 262 valence electrons. The number of urea groups is 1. The molecule has 6 rings (SSSR count). The van der Waals surface area contributed by atoms with Gasteiger partial charge in [0, 0.05) is 65.9 Å². The number of carbonyl (C=O) groups excluding carboxylic acids is 1. The summed E-state index contributed by atoms with van der Waals surface area (Å²) in [7, 11) is 6.48. The van der Waals surface area contributed by atoms with Gasteiger partial charge in [0.2, 0.25) is 0 Å². The zero-order valence-electron chi connectivity index (χ0n) is 29.4. The maximum absolute atomic E-state index is 13.1. The lowest BCUT2D eigenvalue weighted by molar-refractivity contribution is 0.262. The van der Waals surface area contributed by atoms with E-state index in [1.54, 1.807) is 77.4 Å². The predicted octanol–water partition coefficient (Wildman–Crippen LogP) is 7.76. The van der Waals surface area contributed by atoms with Crippen LogP contribution < -0.4 is 34.5 Å². The molecule has 0 fully saturated rings. The summed E-state index contributed by atoms with van der Waals surface area (Å²) in [5.41, 5.74) is 5.07. The van der Waals surface area contributed by atoms with E-state index in [4.69, 9.17) is 23.9 Å². The molecule has 3 aromatic heterocycles. The van der Waals surface area contributed by atoms with Crippen LogP contribution in [0.15, 0.2) is 97.5 Å². The number of rotatable bonds is 12. The van der Waals surface area contributed by atoms with Gasteiger partial charge in [-0.1, -0.05) is 12.1 Å². The first-order valence-electron chi connectivity index (χ1n) is 16.3. The van der Waals surface area contributed by atoms with Crippen LogP contribution in [0.1, 0.15) is 22.3 Å². The highest BCUT2D eigenvalue weighted by Crippen LogP contribution is 2.36. The van der Waals surface area contributed by atoms with Gasteiger partial charge in [-0.3, -0.25) is 10.3 Å². The van der Waals surface area contributed by atoms with Crippen molar-refractivity contribution in [2.24, 2.45) is 0 Å². The Hall–Kier alpha value is -6.87. The van der Waals surface area contributed by atoms with Crippen LogP contribution in [-0.2, 0) is 13.1 Å². The Kier molecular flexibility index (Phi) is 10.6. The number of aryl methyl sites for hydroxylation is 1. The maximum atomic E-state index is 13.1. The van der Waals surface area contributed by atoms with Crippen molar-refractivity contribution < 1.29 is 23.7 Å². The number of nitrogens with zero attached hydrogens (tertiary/aromatic N) is 5. The highest BCUT2D eigenvalue weighted by molar-refractivity contribution is 6.02. The molecule has 0 aliphatic carbocycles. The van der Waals surface area contributed by atoms with Crippen molar-refractivity contribution >= 4 is 34.1 Å². The van der Waals surface area contributed by atoms with Gasteiger partial charge in [-0.25, -0.2) is 14.8 Å². The molecule has 0 spiro atoms. The molecule has 6 aromatic rings. The molecule has 0 unspecified atom stereocenters. The molecule has 0 saturated carbocycles. The van der Waals surface area contributed by atoms with Crippen LogP contribution in [0.5, 0.6) is 23.0 Å². The zero-order chi connectivity index (χ0) is 36.6. The quantitative estimate of drug-likeness (QED) is 0.130. The second-order valence-corrected chi connectivity index (χ2v) is 11.8. The first-order valence-corrected chi connectivity index (χ1v) is 16.3. The SMILES string of the molecule is COc1ccc(CN(Cc2ccc(OC)cc2OC)c2nc(-c3cnccc3C)cc3cc(NC(=O)Nc4ccccc4C#N)ncc23)c(OC)c1. The van der Waals surface area contributed by atoms with E-state index in [1.807, 2.05) is 55.5 Å². The number of fused-ring (bicyclic) bond motifs is 1. The van der Waals surface area contributed by atoms with Crippen LogP contribution in [0.4, 0.5) is 22.1 Å². The number of hydrogen-bond acceptors (Lipinski definition) is 10. The second kappa shape index (κ2) is 15.8. The van der Waals surface area contributed by atoms with Gasteiger partial charge < -0.3 is 29.2 Å². The van der Waals surface area contributed by atoms with Gasteiger partial charge in [-0.2, -0.15) is 5.26 Å². The molecule has 52 heavy (non-hydrogen) atoms. The van der Waals surface area contributed by atoms with Crippen molar-refractivity contribution in [3.8, 4) is 40.3 Å². The summed E-state index contributed by atoms with van der Waals surface area (Å²) in [6, 6.07) is 25.4. The van der Waals surface area contributed by atoms with Crippen molar-refractivity contribution in [3.05, 3.63) is 120 Å². The molecule has 3 aromatic carbocycles. The van der Waals surface area contributed by atoms with Crippen LogP contribution in [0.3, 0.4) is 0 Å². The number of benzene rings is 3. The van der Waals surface area contributed by atoms with Gasteiger partial charge in [-0.05, 0) is 72.5 Å². The average Bonchev–Trinajstić information content (AvgIpc) is 3.17. The number of pyridine rings is 3. The lowest BCUT2D eigenvalue weighted by Crippen LogP contribution is -2.24. The third-order valence-electron chi connectivity index (χ3n) is 8.56. The third-order valence-corrected chi connectivity index (χ3v) is 8.56. The number of hydrogen-bond donors (Lipinski definition) is 2. The van der Waals surface area contributed by atoms with E-state index in [1.165, 1.54) is 0 Å². The molecule has 0 aliphatic heterocycles.